The number of nitrogens with one attached hydrogen (secondary N) is 1. The molecule has 0 saturated carbocycles. The van der Waals surface area contributed by atoms with Gasteiger partial charge in [-0.3, -0.25) is 5.10 Å². The molecule has 1 heterocycles. The van der Waals surface area contributed by atoms with E-state index < -0.39 is 6.10 Å². The van der Waals surface area contributed by atoms with Gasteiger partial charge in [0.15, 0.2) is 11.9 Å². The third kappa shape index (κ3) is 2.60. The van der Waals surface area contributed by atoms with E-state index in [1.807, 2.05) is 0 Å². The Kier molecular flexibility index (Phi) is 3.79. The molecule has 96 valence electrons. The minimum Gasteiger partial charge on any atom is -0.481 e. The number of hydrogen-bond acceptors (Lipinski definition) is 4. The Balaban J connectivity index is 2.24. The molecule has 0 bridgehead atoms. The lowest BCUT2D eigenvalue weighted by atomic mass is 10.3. The van der Waals surface area contributed by atoms with Crippen LogP contribution in [0.25, 0.3) is 0 Å². The highest BCUT2D eigenvalue weighted by Gasteiger charge is 2.16. The number of ether oxygens (including phenoxy) is 1. The predicted octanol–water partition coefficient (Wildman–Crippen LogP) is 3.10. The summed E-state index contributed by atoms with van der Waals surface area (Å²) in [5.41, 5.74) is 0. The lowest BCUT2D eigenvalue weighted by molar-refractivity contribution is 0.213. The molecule has 0 aliphatic rings. The Bertz CT molecular complexity index is 625. The fourth-order valence-corrected chi connectivity index (χ4v) is 2.01. The lowest BCUT2D eigenvalue weighted by Gasteiger charge is -2.14. The summed E-state index contributed by atoms with van der Waals surface area (Å²) < 4.78 is 7.24. The van der Waals surface area contributed by atoms with Gasteiger partial charge in [0.25, 0.3) is 0 Å². The van der Waals surface area contributed by atoms with E-state index in [2.05, 4.69) is 10.2 Å². The number of rotatable bonds is 3. The molecule has 0 spiro atoms. The Morgan fingerprint density at radius 1 is 1.50 bits per heavy atom. The molecule has 0 saturated heterocycles. The molecule has 8 heteroatoms. The van der Waals surface area contributed by atoms with Crippen molar-refractivity contribution in [2.45, 2.75) is 13.0 Å². The summed E-state index contributed by atoms with van der Waals surface area (Å²) in [5.74, 6) is 6.68. The second kappa shape index (κ2) is 5.17. The molecule has 0 amide bonds. The van der Waals surface area contributed by atoms with Gasteiger partial charge >= 0.3 is 0 Å². The van der Waals surface area contributed by atoms with E-state index in [1.165, 1.54) is 4.68 Å². The molecular formula is C10H10Cl2N4OS. The number of benzene rings is 1. The molecule has 3 N–H and O–H groups in total. The summed E-state index contributed by atoms with van der Waals surface area (Å²) in [6.07, 6.45) is -0.401. The fraction of sp³-hybridized carbons (Fsp3) is 0.200. The summed E-state index contributed by atoms with van der Waals surface area (Å²) in [4.78, 5) is 0. The van der Waals surface area contributed by atoms with Crippen molar-refractivity contribution >= 4 is 35.4 Å². The van der Waals surface area contributed by atoms with Crippen LogP contribution in [0.15, 0.2) is 18.2 Å². The molecule has 18 heavy (non-hydrogen) atoms. The second-order valence-corrected chi connectivity index (χ2v) is 4.82. The third-order valence-electron chi connectivity index (χ3n) is 2.29. The molecule has 2 rings (SSSR count). The standard InChI is InChI=1S/C10H10Cl2N4OS/c1-5(9-14-15-10(18)16(9)13)17-8-3-2-6(11)4-7(8)12/h2-5H,13H2,1H3,(H,15,18). The van der Waals surface area contributed by atoms with Crippen LogP contribution in [0.4, 0.5) is 0 Å². The molecule has 0 radical (unpaired) electrons. The number of nitrogen functional groups attached to an aromatic ring is 1. The first-order valence-corrected chi connectivity index (χ1v) is 6.19. The maximum absolute atomic E-state index is 6.01. The summed E-state index contributed by atoms with van der Waals surface area (Å²) in [6, 6.07) is 4.98. The van der Waals surface area contributed by atoms with E-state index in [9.17, 15) is 0 Å². The predicted molar refractivity (Wildman–Crippen MR) is 73.1 cm³/mol. The van der Waals surface area contributed by atoms with Crippen molar-refractivity contribution in [2.75, 3.05) is 5.84 Å². The van der Waals surface area contributed by atoms with Gasteiger partial charge in [0.05, 0.1) is 5.02 Å². The number of aromatic amines is 1. The number of nitrogens with two attached hydrogens (primary N) is 1. The van der Waals surface area contributed by atoms with Gasteiger partial charge in [0.2, 0.25) is 4.77 Å². The van der Waals surface area contributed by atoms with Gasteiger partial charge in [-0.25, -0.2) is 4.68 Å². The smallest absolute Gasteiger partial charge is 0.214 e. The average molecular weight is 305 g/mol. The zero-order valence-electron chi connectivity index (χ0n) is 9.35. The first-order valence-electron chi connectivity index (χ1n) is 5.03. The monoisotopic (exact) mass is 304 g/mol. The van der Waals surface area contributed by atoms with Crippen molar-refractivity contribution in [2.24, 2.45) is 0 Å². The number of halogens is 2. The van der Waals surface area contributed by atoms with Crippen LogP contribution in [-0.4, -0.2) is 14.9 Å². The maximum atomic E-state index is 6.01. The highest BCUT2D eigenvalue weighted by atomic mass is 35.5. The van der Waals surface area contributed by atoms with E-state index in [4.69, 9.17) is 46.0 Å². The first kappa shape index (κ1) is 13.2. The van der Waals surface area contributed by atoms with Gasteiger partial charge in [-0.1, -0.05) is 23.2 Å². The summed E-state index contributed by atoms with van der Waals surface area (Å²) in [5, 5.41) is 7.54. The van der Waals surface area contributed by atoms with Crippen LogP contribution in [-0.2, 0) is 0 Å². The molecule has 0 aliphatic carbocycles. The van der Waals surface area contributed by atoms with Crippen LogP contribution in [0, 0.1) is 4.77 Å². The molecule has 0 fully saturated rings. The van der Waals surface area contributed by atoms with E-state index in [0.29, 0.717) is 26.4 Å². The Labute approximate surface area is 118 Å². The molecule has 1 aromatic carbocycles. The van der Waals surface area contributed by atoms with Gasteiger partial charge in [0, 0.05) is 5.02 Å². The number of H-pyrrole nitrogens is 1. The van der Waals surface area contributed by atoms with E-state index >= 15 is 0 Å². The van der Waals surface area contributed by atoms with Crippen molar-refractivity contribution in [1.82, 2.24) is 14.9 Å². The lowest BCUT2D eigenvalue weighted by Crippen LogP contribution is -2.17. The number of nitrogens with zero attached hydrogens (tertiary/aromatic N) is 2. The first-order chi connectivity index (χ1) is 8.49. The van der Waals surface area contributed by atoms with E-state index in [0.717, 1.165) is 0 Å². The van der Waals surface area contributed by atoms with Gasteiger partial charge in [0.1, 0.15) is 5.75 Å². The third-order valence-corrected chi connectivity index (χ3v) is 3.11. The van der Waals surface area contributed by atoms with Crippen LogP contribution in [0.3, 0.4) is 0 Å². The second-order valence-electron chi connectivity index (χ2n) is 3.59. The van der Waals surface area contributed by atoms with Crippen LogP contribution in [0.2, 0.25) is 10.0 Å². The summed E-state index contributed by atoms with van der Waals surface area (Å²) in [6.45, 7) is 1.79. The largest absolute Gasteiger partial charge is 0.481 e. The zero-order chi connectivity index (χ0) is 13.3. The zero-order valence-corrected chi connectivity index (χ0v) is 11.7. The van der Waals surface area contributed by atoms with E-state index in [-0.39, 0.29) is 0 Å². The van der Waals surface area contributed by atoms with Crippen molar-refractivity contribution in [3.63, 3.8) is 0 Å². The van der Waals surface area contributed by atoms with Crippen molar-refractivity contribution in [1.29, 1.82) is 0 Å². The van der Waals surface area contributed by atoms with Gasteiger partial charge in [-0.15, -0.1) is 0 Å². The Morgan fingerprint density at radius 2 is 2.22 bits per heavy atom. The minimum atomic E-state index is -0.401. The minimum absolute atomic E-state index is 0.322. The Hall–Kier alpha value is -1.24. The van der Waals surface area contributed by atoms with Crippen LogP contribution in [0.1, 0.15) is 18.9 Å². The van der Waals surface area contributed by atoms with Crippen molar-refractivity contribution in [3.05, 3.63) is 38.8 Å². The average Bonchev–Trinajstić information content (AvgIpc) is 2.64. The van der Waals surface area contributed by atoms with Gasteiger partial charge in [-0.2, -0.15) is 5.10 Å². The van der Waals surface area contributed by atoms with Gasteiger partial charge < -0.3 is 10.6 Å². The highest BCUT2D eigenvalue weighted by molar-refractivity contribution is 7.71. The highest BCUT2D eigenvalue weighted by Crippen LogP contribution is 2.30. The van der Waals surface area contributed by atoms with Gasteiger partial charge in [-0.05, 0) is 37.3 Å². The molecule has 1 unspecified atom stereocenters. The molecule has 2 aromatic rings. The quantitative estimate of drug-likeness (QED) is 0.675. The van der Waals surface area contributed by atoms with Crippen LogP contribution >= 0.6 is 35.4 Å². The number of aromatic nitrogens is 3. The summed E-state index contributed by atoms with van der Waals surface area (Å²) >= 11 is 16.7. The SMILES string of the molecule is CC(Oc1ccc(Cl)cc1Cl)c1n[nH]c(=S)n1N. The fourth-order valence-electron chi connectivity index (χ4n) is 1.42. The summed E-state index contributed by atoms with van der Waals surface area (Å²) in [7, 11) is 0. The molecule has 5 nitrogen and oxygen atoms in total. The van der Waals surface area contributed by atoms with Crippen molar-refractivity contribution < 1.29 is 4.74 Å². The normalized spacial score (nSPS) is 12.4. The Morgan fingerprint density at radius 3 is 2.78 bits per heavy atom. The molecule has 0 aliphatic heterocycles. The van der Waals surface area contributed by atoms with E-state index in [1.54, 1.807) is 25.1 Å². The van der Waals surface area contributed by atoms with Crippen LogP contribution in [0.5, 0.6) is 5.75 Å². The number of hydrogen-bond donors (Lipinski definition) is 2. The molecule has 1 aromatic heterocycles. The topological polar surface area (TPSA) is 68.9 Å². The maximum Gasteiger partial charge on any atom is 0.214 e. The molecule has 1 atom stereocenters. The molecular weight excluding hydrogens is 295 g/mol. The van der Waals surface area contributed by atoms with Crippen molar-refractivity contribution in [3.8, 4) is 5.75 Å². The van der Waals surface area contributed by atoms with Crippen LogP contribution < -0.4 is 10.6 Å².